The molecule has 0 spiro atoms. The Morgan fingerprint density at radius 3 is 2.65 bits per heavy atom. The molecule has 1 nitrogen and oxygen atoms in total. The largest absolute Gasteiger partial charge is 0.381 e. The third-order valence-electron chi connectivity index (χ3n) is 4.21. The average molecular weight is 265 g/mol. The van der Waals surface area contributed by atoms with Crippen molar-refractivity contribution in [3.63, 3.8) is 0 Å². The van der Waals surface area contributed by atoms with E-state index in [1.165, 1.54) is 40.8 Å². The van der Waals surface area contributed by atoms with Gasteiger partial charge in [-0.2, -0.15) is 0 Å². The van der Waals surface area contributed by atoms with Gasteiger partial charge in [-0.15, -0.1) is 0 Å². The van der Waals surface area contributed by atoms with Gasteiger partial charge in [0.2, 0.25) is 0 Å². The predicted molar refractivity (Wildman–Crippen MR) is 86.3 cm³/mol. The third-order valence-corrected chi connectivity index (χ3v) is 4.21. The zero-order valence-corrected chi connectivity index (χ0v) is 12.4. The summed E-state index contributed by atoms with van der Waals surface area (Å²) in [6.07, 6.45) is 3.81. The molecule has 1 fully saturated rings. The first-order chi connectivity index (χ1) is 9.78. The second kappa shape index (κ2) is 5.70. The molecular weight excluding hydrogens is 242 g/mol. The van der Waals surface area contributed by atoms with E-state index in [-0.39, 0.29) is 0 Å². The Labute approximate surface area is 122 Å². The summed E-state index contributed by atoms with van der Waals surface area (Å²) >= 11 is 0. The first-order valence-electron chi connectivity index (χ1n) is 7.69. The van der Waals surface area contributed by atoms with E-state index in [1.54, 1.807) is 0 Å². The van der Waals surface area contributed by atoms with Crippen molar-refractivity contribution in [3.8, 4) is 0 Å². The van der Waals surface area contributed by atoms with Gasteiger partial charge in [-0.1, -0.05) is 49.4 Å². The molecule has 0 bridgehead atoms. The molecule has 0 aliphatic heterocycles. The molecule has 1 N–H and O–H groups in total. The smallest absolute Gasteiger partial charge is 0.0404 e. The molecule has 1 aliphatic rings. The van der Waals surface area contributed by atoms with Crippen molar-refractivity contribution < 1.29 is 0 Å². The monoisotopic (exact) mass is 265 g/mol. The molecule has 0 radical (unpaired) electrons. The van der Waals surface area contributed by atoms with Crippen molar-refractivity contribution in [2.75, 3.05) is 5.32 Å². The van der Waals surface area contributed by atoms with Crippen LogP contribution < -0.4 is 5.32 Å². The lowest BCUT2D eigenvalue weighted by atomic mass is 10.0. The summed E-state index contributed by atoms with van der Waals surface area (Å²) in [7, 11) is 0. The zero-order valence-electron chi connectivity index (χ0n) is 12.4. The molecule has 1 saturated carbocycles. The fraction of sp³-hybridized carbons (Fsp3) is 0.368. The number of hydrogen-bond donors (Lipinski definition) is 1. The lowest BCUT2D eigenvalue weighted by Crippen LogP contribution is -2.04. The second-order valence-electron chi connectivity index (χ2n) is 5.84. The van der Waals surface area contributed by atoms with Crippen molar-refractivity contribution in [1.29, 1.82) is 0 Å². The number of para-hydroxylation sites is 1. The summed E-state index contributed by atoms with van der Waals surface area (Å²) in [6, 6.07) is 15.6. The Kier molecular flexibility index (Phi) is 3.77. The van der Waals surface area contributed by atoms with E-state index in [9.17, 15) is 0 Å². The summed E-state index contributed by atoms with van der Waals surface area (Å²) in [5.74, 6) is 0.833. The molecular formula is C19H23N. The summed E-state index contributed by atoms with van der Waals surface area (Å²) in [4.78, 5) is 0. The molecule has 3 rings (SSSR count). The quantitative estimate of drug-likeness (QED) is 0.798. The van der Waals surface area contributed by atoms with Crippen molar-refractivity contribution in [3.05, 3.63) is 64.7 Å². The fourth-order valence-electron chi connectivity index (χ4n) is 2.84. The van der Waals surface area contributed by atoms with Crippen LogP contribution in [0.15, 0.2) is 42.5 Å². The molecule has 1 heteroatoms. The van der Waals surface area contributed by atoms with Gasteiger partial charge in [-0.05, 0) is 54.4 Å². The topological polar surface area (TPSA) is 12.0 Å². The summed E-state index contributed by atoms with van der Waals surface area (Å²) in [6.45, 7) is 5.31. The van der Waals surface area contributed by atoms with E-state index in [0.29, 0.717) is 0 Å². The molecule has 0 aromatic heterocycles. The van der Waals surface area contributed by atoms with Gasteiger partial charge >= 0.3 is 0 Å². The highest BCUT2D eigenvalue weighted by atomic mass is 14.9. The SMILES string of the molecule is CCc1cccc(C)c1NCc1cccc(C2CC2)c1. The van der Waals surface area contributed by atoms with Crippen LogP contribution in [0, 0.1) is 6.92 Å². The lowest BCUT2D eigenvalue weighted by molar-refractivity contribution is 1.06. The Hall–Kier alpha value is -1.76. The number of benzene rings is 2. The van der Waals surface area contributed by atoms with Crippen LogP contribution in [0.4, 0.5) is 5.69 Å². The standard InChI is InChI=1S/C19H23N/c1-3-16-8-4-6-14(2)19(16)20-13-15-7-5-9-18(12-15)17-10-11-17/h4-9,12,17,20H,3,10-11,13H2,1-2H3. The number of rotatable bonds is 5. The highest BCUT2D eigenvalue weighted by Gasteiger charge is 2.23. The van der Waals surface area contributed by atoms with Crippen LogP contribution in [0.3, 0.4) is 0 Å². The molecule has 2 aromatic carbocycles. The minimum Gasteiger partial charge on any atom is -0.381 e. The van der Waals surface area contributed by atoms with Gasteiger partial charge in [-0.3, -0.25) is 0 Å². The van der Waals surface area contributed by atoms with E-state index in [4.69, 9.17) is 0 Å². The predicted octanol–water partition coefficient (Wildman–Crippen LogP) is 5.05. The van der Waals surface area contributed by atoms with Gasteiger partial charge < -0.3 is 5.32 Å². The molecule has 0 saturated heterocycles. The Morgan fingerprint density at radius 1 is 1.10 bits per heavy atom. The maximum absolute atomic E-state index is 3.64. The normalized spacial score (nSPS) is 14.3. The summed E-state index contributed by atoms with van der Waals surface area (Å²) in [5, 5.41) is 3.64. The van der Waals surface area contributed by atoms with Gasteiger partial charge in [0.1, 0.15) is 0 Å². The molecule has 0 atom stereocenters. The first-order valence-corrected chi connectivity index (χ1v) is 7.69. The molecule has 0 heterocycles. The Bertz CT molecular complexity index is 596. The van der Waals surface area contributed by atoms with E-state index >= 15 is 0 Å². The number of hydrogen-bond acceptors (Lipinski definition) is 1. The van der Waals surface area contributed by atoms with Crippen molar-refractivity contribution in [2.45, 2.75) is 45.6 Å². The van der Waals surface area contributed by atoms with Crippen LogP contribution in [0.2, 0.25) is 0 Å². The molecule has 0 amide bonds. The van der Waals surface area contributed by atoms with Crippen LogP contribution in [0.1, 0.15) is 47.9 Å². The highest BCUT2D eigenvalue weighted by Crippen LogP contribution is 2.40. The molecule has 0 unspecified atom stereocenters. The van der Waals surface area contributed by atoms with Crippen molar-refractivity contribution in [2.24, 2.45) is 0 Å². The van der Waals surface area contributed by atoms with Crippen LogP contribution in [0.25, 0.3) is 0 Å². The Balaban J connectivity index is 1.74. The van der Waals surface area contributed by atoms with Crippen LogP contribution in [-0.2, 0) is 13.0 Å². The van der Waals surface area contributed by atoms with E-state index in [2.05, 4.69) is 61.6 Å². The highest BCUT2D eigenvalue weighted by molar-refractivity contribution is 5.57. The van der Waals surface area contributed by atoms with Gasteiger partial charge in [0.15, 0.2) is 0 Å². The van der Waals surface area contributed by atoms with E-state index < -0.39 is 0 Å². The number of anilines is 1. The second-order valence-corrected chi connectivity index (χ2v) is 5.84. The maximum Gasteiger partial charge on any atom is 0.0404 e. The van der Waals surface area contributed by atoms with Crippen LogP contribution in [-0.4, -0.2) is 0 Å². The third kappa shape index (κ3) is 2.87. The minimum absolute atomic E-state index is 0.833. The zero-order chi connectivity index (χ0) is 13.9. The van der Waals surface area contributed by atoms with E-state index in [0.717, 1.165) is 18.9 Å². The van der Waals surface area contributed by atoms with Crippen LogP contribution in [0.5, 0.6) is 0 Å². The van der Waals surface area contributed by atoms with Gasteiger partial charge in [0, 0.05) is 12.2 Å². The van der Waals surface area contributed by atoms with Crippen molar-refractivity contribution in [1.82, 2.24) is 0 Å². The summed E-state index contributed by atoms with van der Waals surface area (Å²) in [5.41, 5.74) is 6.96. The molecule has 104 valence electrons. The lowest BCUT2D eigenvalue weighted by Gasteiger charge is -2.14. The van der Waals surface area contributed by atoms with Crippen molar-refractivity contribution >= 4 is 5.69 Å². The number of nitrogens with one attached hydrogen (secondary N) is 1. The fourth-order valence-corrected chi connectivity index (χ4v) is 2.84. The Morgan fingerprint density at radius 2 is 1.90 bits per heavy atom. The molecule has 1 aliphatic carbocycles. The average Bonchev–Trinajstić information content (AvgIpc) is 3.30. The van der Waals surface area contributed by atoms with Gasteiger partial charge in [0.05, 0.1) is 0 Å². The number of aryl methyl sites for hydroxylation is 2. The van der Waals surface area contributed by atoms with E-state index in [1.807, 2.05) is 0 Å². The summed E-state index contributed by atoms with van der Waals surface area (Å²) < 4.78 is 0. The van der Waals surface area contributed by atoms with Crippen LogP contribution >= 0.6 is 0 Å². The molecule has 2 aromatic rings. The minimum atomic E-state index is 0.833. The maximum atomic E-state index is 3.64. The van der Waals surface area contributed by atoms with Gasteiger partial charge in [0.25, 0.3) is 0 Å². The van der Waals surface area contributed by atoms with Gasteiger partial charge in [-0.25, -0.2) is 0 Å². The first kappa shape index (κ1) is 13.2. The molecule has 20 heavy (non-hydrogen) atoms.